The second kappa shape index (κ2) is 4.89. The van der Waals surface area contributed by atoms with Gasteiger partial charge in [0.1, 0.15) is 6.61 Å². The van der Waals surface area contributed by atoms with Crippen molar-refractivity contribution in [2.45, 2.75) is 20.3 Å². The summed E-state index contributed by atoms with van der Waals surface area (Å²) in [6.45, 7) is 6.38. The molecule has 0 aromatic rings. The van der Waals surface area contributed by atoms with Gasteiger partial charge in [-0.15, -0.1) is 4.52 Å². The van der Waals surface area contributed by atoms with E-state index in [2.05, 4.69) is 13.8 Å². The van der Waals surface area contributed by atoms with Crippen LogP contribution in [0.3, 0.4) is 0 Å². The Bertz CT molecular complexity index is 93.1. The summed E-state index contributed by atoms with van der Waals surface area (Å²) in [7, 11) is -1.39. The largest absolute Gasteiger partial charge is 0.504 e. The van der Waals surface area contributed by atoms with E-state index < -0.39 is 8.03 Å². The highest BCUT2D eigenvalue weighted by Crippen LogP contribution is 2.17. The normalized spacial score (nSPS) is 15.2. The van der Waals surface area contributed by atoms with Gasteiger partial charge in [0.2, 0.25) is 0 Å². The monoisotopic (exact) mass is 149 g/mol. The molecule has 3 heteroatoms. The molecule has 0 fully saturated rings. The van der Waals surface area contributed by atoms with Gasteiger partial charge in [0.05, 0.1) is 0 Å². The van der Waals surface area contributed by atoms with Gasteiger partial charge in [-0.05, 0) is 10.5 Å². The molecular formula is C6H14O2P+. The van der Waals surface area contributed by atoms with Crippen molar-refractivity contribution in [3.8, 4) is 0 Å². The van der Waals surface area contributed by atoms with Gasteiger partial charge in [0.25, 0.3) is 0 Å². The van der Waals surface area contributed by atoms with Crippen molar-refractivity contribution in [2.75, 3.05) is 13.3 Å². The van der Waals surface area contributed by atoms with E-state index in [4.69, 9.17) is 4.52 Å². The number of rotatable bonds is 4. The molecule has 0 N–H and O–H groups in total. The van der Waals surface area contributed by atoms with Gasteiger partial charge in [-0.1, -0.05) is 20.3 Å². The summed E-state index contributed by atoms with van der Waals surface area (Å²) in [5.74, 6) is 0.531. The lowest BCUT2D eigenvalue weighted by atomic mass is 10.1. The van der Waals surface area contributed by atoms with Crippen LogP contribution in [0.1, 0.15) is 20.3 Å². The zero-order chi connectivity index (χ0) is 7.28. The highest BCUT2D eigenvalue weighted by atomic mass is 31.1. The zero-order valence-corrected chi connectivity index (χ0v) is 7.15. The third-order valence-corrected chi connectivity index (χ3v) is 1.75. The molecule has 0 aliphatic heterocycles. The highest BCUT2D eigenvalue weighted by Gasteiger charge is 2.08. The van der Waals surface area contributed by atoms with Crippen molar-refractivity contribution >= 4 is 8.03 Å². The molecule has 0 amide bonds. The molecule has 0 aliphatic rings. The molecule has 0 radical (unpaired) electrons. The van der Waals surface area contributed by atoms with Crippen molar-refractivity contribution in [1.82, 2.24) is 0 Å². The smallest absolute Gasteiger partial charge is 0.146 e. The number of hydrogen-bond acceptors (Lipinski definition) is 2. The van der Waals surface area contributed by atoms with Gasteiger partial charge in [-0.2, -0.15) is 0 Å². The van der Waals surface area contributed by atoms with E-state index in [1.54, 1.807) is 6.66 Å². The van der Waals surface area contributed by atoms with E-state index in [0.29, 0.717) is 12.5 Å². The molecule has 0 spiro atoms. The first-order chi connectivity index (χ1) is 4.16. The van der Waals surface area contributed by atoms with Crippen LogP contribution in [0.4, 0.5) is 0 Å². The maximum absolute atomic E-state index is 10.4. The van der Waals surface area contributed by atoms with Crippen LogP contribution in [0.15, 0.2) is 0 Å². The molecule has 9 heavy (non-hydrogen) atoms. The summed E-state index contributed by atoms with van der Waals surface area (Å²) in [4.78, 5) is 0. The topological polar surface area (TPSA) is 26.3 Å². The summed E-state index contributed by atoms with van der Waals surface area (Å²) >= 11 is 0. The summed E-state index contributed by atoms with van der Waals surface area (Å²) in [5, 5.41) is 0. The lowest BCUT2D eigenvalue weighted by molar-refractivity contribution is 0.270. The Hall–Kier alpha value is 0.0600. The average Bonchev–Trinajstić information content (AvgIpc) is 1.83. The summed E-state index contributed by atoms with van der Waals surface area (Å²) in [6.07, 6.45) is 1.09. The Labute approximate surface area is 57.5 Å². The Morgan fingerprint density at radius 1 is 1.67 bits per heavy atom. The minimum atomic E-state index is -1.39. The fourth-order valence-corrected chi connectivity index (χ4v) is 0.814. The molecule has 2 nitrogen and oxygen atoms in total. The second-order valence-corrected chi connectivity index (χ2v) is 3.39. The van der Waals surface area contributed by atoms with E-state index in [1.165, 1.54) is 0 Å². The van der Waals surface area contributed by atoms with Gasteiger partial charge in [-0.3, -0.25) is 0 Å². The van der Waals surface area contributed by atoms with Crippen molar-refractivity contribution in [3.05, 3.63) is 0 Å². The van der Waals surface area contributed by atoms with Crippen LogP contribution in [-0.2, 0) is 9.09 Å². The predicted octanol–water partition coefficient (Wildman–Crippen LogP) is 2.42. The Balaban J connectivity index is 3.16. The van der Waals surface area contributed by atoms with E-state index in [0.717, 1.165) is 6.42 Å². The molecule has 0 aromatic heterocycles. The third kappa shape index (κ3) is 5.94. The molecule has 0 rings (SSSR count). The van der Waals surface area contributed by atoms with Crippen LogP contribution in [0.2, 0.25) is 0 Å². The molecule has 2 unspecified atom stereocenters. The van der Waals surface area contributed by atoms with Gasteiger partial charge in [0.15, 0.2) is 6.66 Å². The standard InChI is InChI=1S/C6H14O2P/c1-4-6(2)5-8-9(3)7/h6H,4-5H2,1-3H3/q+1. The zero-order valence-electron chi connectivity index (χ0n) is 6.26. The van der Waals surface area contributed by atoms with Crippen LogP contribution >= 0.6 is 8.03 Å². The molecular weight excluding hydrogens is 135 g/mol. The first-order valence-corrected chi connectivity index (χ1v) is 4.83. The van der Waals surface area contributed by atoms with Gasteiger partial charge >= 0.3 is 8.03 Å². The molecule has 0 saturated heterocycles. The van der Waals surface area contributed by atoms with Gasteiger partial charge in [0, 0.05) is 0 Å². The average molecular weight is 149 g/mol. The van der Waals surface area contributed by atoms with Crippen LogP contribution in [0, 0.1) is 5.92 Å². The van der Waals surface area contributed by atoms with Crippen molar-refractivity contribution in [3.63, 3.8) is 0 Å². The Kier molecular flexibility index (Phi) is 4.93. The van der Waals surface area contributed by atoms with Crippen LogP contribution < -0.4 is 0 Å². The summed E-state index contributed by atoms with van der Waals surface area (Å²) in [5.41, 5.74) is 0. The molecule has 0 aromatic carbocycles. The molecule has 0 bridgehead atoms. The van der Waals surface area contributed by atoms with Crippen LogP contribution in [0.25, 0.3) is 0 Å². The predicted molar refractivity (Wildman–Crippen MR) is 38.9 cm³/mol. The van der Waals surface area contributed by atoms with E-state index >= 15 is 0 Å². The number of hydrogen-bond donors (Lipinski definition) is 0. The molecule has 0 heterocycles. The third-order valence-electron chi connectivity index (χ3n) is 1.24. The maximum Gasteiger partial charge on any atom is 0.504 e. The van der Waals surface area contributed by atoms with E-state index in [-0.39, 0.29) is 0 Å². The van der Waals surface area contributed by atoms with E-state index in [1.807, 2.05) is 0 Å². The van der Waals surface area contributed by atoms with Crippen LogP contribution in [0.5, 0.6) is 0 Å². The van der Waals surface area contributed by atoms with Gasteiger partial charge < -0.3 is 0 Å². The van der Waals surface area contributed by atoms with Crippen molar-refractivity contribution in [2.24, 2.45) is 5.92 Å². The lowest BCUT2D eigenvalue weighted by Gasteiger charge is -1.99. The molecule has 0 saturated carbocycles. The minimum absolute atomic E-state index is 0.531. The van der Waals surface area contributed by atoms with E-state index in [9.17, 15) is 4.57 Å². The Morgan fingerprint density at radius 3 is 2.56 bits per heavy atom. The molecule has 54 valence electrons. The maximum atomic E-state index is 10.4. The SMILES string of the molecule is CCC(C)CO[P+](C)=O. The minimum Gasteiger partial charge on any atom is -0.146 e. The quantitative estimate of drug-likeness (QED) is 0.574. The summed E-state index contributed by atoms with van der Waals surface area (Å²) < 4.78 is 15.3. The van der Waals surface area contributed by atoms with Gasteiger partial charge in [-0.25, -0.2) is 0 Å². The summed E-state index contributed by atoms with van der Waals surface area (Å²) in [6, 6.07) is 0. The lowest BCUT2D eigenvalue weighted by Crippen LogP contribution is -1.99. The van der Waals surface area contributed by atoms with Crippen molar-refractivity contribution in [1.29, 1.82) is 0 Å². The highest BCUT2D eigenvalue weighted by molar-refractivity contribution is 7.38. The molecule has 0 aliphatic carbocycles. The first kappa shape index (κ1) is 9.06. The second-order valence-electron chi connectivity index (χ2n) is 2.25. The molecule has 2 atom stereocenters. The van der Waals surface area contributed by atoms with Crippen LogP contribution in [-0.4, -0.2) is 13.3 Å². The van der Waals surface area contributed by atoms with Crippen molar-refractivity contribution < 1.29 is 9.09 Å². The first-order valence-electron chi connectivity index (χ1n) is 3.20. The fourth-order valence-electron chi connectivity index (χ4n) is 0.350. The fraction of sp³-hybridized carbons (Fsp3) is 1.00. The Morgan fingerprint density at radius 2 is 2.22 bits per heavy atom.